The van der Waals surface area contributed by atoms with Crippen LogP contribution in [0.2, 0.25) is 0 Å². The van der Waals surface area contributed by atoms with Crippen molar-refractivity contribution in [3.63, 3.8) is 0 Å². The van der Waals surface area contributed by atoms with E-state index < -0.39 is 0 Å². The molecule has 1 fully saturated rings. The summed E-state index contributed by atoms with van der Waals surface area (Å²) in [5.74, 6) is 1.70. The van der Waals surface area contributed by atoms with Crippen LogP contribution in [0.1, 0.15) is 6.42 Å². The van der Waals surface area contributed by atoms with Crippen LogP contribution in [0.25, 0.3) is 0 Å². The van der Waals surface area contributed by atoms with Gasteiger partial charge in [-0.2, -0.15) is 5.10 Å². The Morgan fingerprint density at radius 3 is 2.42 bits per heavy atom. The Morgan fingerprint density at radius 1 is 1.08 bits per heavy atom. The van der Waals surface area contributed by atoms with E-state index in [0.717, 1.165) is 56.3 Å². The summed E-state index contributed by atoms with van der Waals surface area (Å²) in [5.41, 5.74) is 0.844. The van der Waals surface area contributed by atoms with E-state index in [1.165, 1.54) is 4.68 Å². The van der Waals surface area contributed by atoms with Crippen molar-refractivity contribution in [3.05, 3.63) is 46.9 Å². The lowest BCUT2D eigenvalue weighted by Gasteiger charge is -2.35. The van der Waals surface area contributed by atoms with Crippen LogP contribution < -0.4 is 19.9 Å². The van der Waals surface area contributed by atoms with Crippen LogP contribution in [0.4, 0.5) is 5.69 Å². The number of aromatic nitrogens is 2. The quantitative estimate of drug-likeness (QED) is 0.697. The van der Waals surface area contributed by atoms with Crippen LogP contribution in [0.5, 0.6) is 11.5 Å². The van der Waals surface area contributed by atoms with Gasteiger partial charge in [-0.3, -0.25) is 9.69 Å². The maximum atomic E-state index is 11.7. The fourth-order valence-electron chi connectivity index (χ4n) is 3.01. The number of piperazine rings is 1. The van der Waals surface area contributed by atoms with Crippen LogP contribution in [-0.2, 0) is 7.05 Å². The lowest BCUT2D eigenvalue weighted by molar-refractivity contribution is 0.224. The van der Waals surface area contributed by atoms with Crippen molar-refractivity contribution in [2.45, 2.75) is 6.42 Å². The van der Waals surface area contributed by atoms with Crippen LogP contribution in [-0.4, -0.2) is 61.1 Å². The van der Waals surface area contributed by atoms with Crippen molar-refractivity contribution >= 4 is 5.69 Å². The van der Waals surface area contributed by atoms with Gasteiger partial charge in [-0.25, -0.2) is 4.68 Å². The molecule has 1 aromatic carbocycles. The Labute approximate surface area is 153 Å². The molecule has 1 aliphatic rings. The fraction of sp³-hybridized carbons (Fsp3) is 0.474. The zero-order valence-corrected chi connectivity index (χ0v) is 15.4. The lowest BCUT2D eigenvalue weighted by Crippen LogP contribution is -2.47. The molecule has 3 rings (SSSR count). The average molecular weight is 358 g/mol. The second-order valence-corrected chi connectivity index (χ2v) is 6.38. The van der Waals surface area contributed by atoms with Gasteiger partial charge < -0.3 is 14.4 Å². The molecule has 0 bridgehead atoms. The number of hydrogen-bond donors (Lipinski definition) is 0. The Bertz CT molecular complexity index is 752. The van der Waals surface area contributed by atoms with E-state index in [9.17, 15) is 4.79 Å². The minimum absolute atomic E-state index is 0.0689. The molecule has 0 atom stereocenters. The molecule has 0 amide bonds. The minimum Gasteiger partial charge on any atom is -0.497 e. The number of nitrogens with zero attached hydrogens (tertiary/aromatic N) is 4. The summed E-state index contributed by atoms with van der Waals surface area (Å²) in [5, 5.41) is 4.10. The monoisotopic (exact) mass is 358 g/mol. The highest BCUT2D eigenvalue weighted by atomic mass is 16.5. The molecule has 26 heavy (non-hydrogen) atoms. The first-order valence-electron chi connectivity index (χ1n) is 8.93. The molecule has 1 aromatic heterocycles. The van der Waals surface area contributed by atoms with Crippen LogP contribution >= 0.6 is 0 Å². The van der Waals surface area contributed by atoms with Gasteiger partial charge in [0.1, 0.15) is 11.5 Å². The maximum Gasteiger partial charge on any atom is 0.268 e. The van der Waals surface area contributed by atoms with Gasteiger partial charge >= 0.3 is 0 Å². The smallest absolute Gasteiger partial charge is 0.268 e. The number of aryl methyl sites for hydroxylation is 1. The minimum atomic E-state index is -0.0689. The van der Waals surface area contributed by atoms with Crippen molar-refractivity contribution in [2.24, 2.45) is 7.05 Å². The first-order valence-corrected chi connectivity index (χ1v) is 8.93. The van der Waals surface area contributed by atoms with Crippen molar-refractivity contribution < 1.29 is 9.47 Å². The van der Waals surface area contributed by atoms with Gasteiger partial charge in [-0.05, 0) is 30.7 Å². The Hall–Kier alpha value is -2.54. The van der Waals surface area contributed by atoms with Gasteiger partial charge in [0, 0.05) is 45.8 Å². The molecule has 0 N–H and O–H groups in total. The number of hydrogen-bond acceptors (Lipinski definition) is 6. The number of benzene rings is 1. The van der Waals surface area contributed by atoms with E-state index >= 15 is 0 Å². The molecule has 7 nitrogen and oxygen atoms in total. The van der Waals surface area contributed by atoms with Crippen molar-refractivity contribution in [2.75, 3.05) is 51.3 Å². The number of methoxy groups -OCH3 is 1. The third-order valence-corrected chi connectivity index (χ3v) is 4.64. The van der Waals surface area contributed by atoms with E-state index in [1.54, 1.807) is 26.4 Å². The normalized spacial score (nSPS) is 15.1. The topological polar surface area (TPSA) is 59.8 Å². The molecule has 0 spiro atoms. The molecular weight excluding hydrogens is 332 g/mol. The van der Waals surface area contributed by atoms with E-state index in [2.05, 4.69) is 14.9 Å². The maximum absolute atomic E-state index is 11.7. The van der Waals surface area contributed by atoms with Gasteiger partial charge in [-0.15, -0.1) is 0 Å². The second kappa shape index (κ2) is 8.71. The van der Waals surface area contributed by atoms with Crippen molar-refractivity contribution in [1.29, 1.82) is 0 Å². The van der Waals surface area contributed by atoms with Gasteiger partial charge in [0.2, 0.25) is 0 Å². The molecule has 7 heteroatoms. The van der Waals surface area contributed by atoms with Gasteiger partial charge in [0.25, 0.3) is 5.56 Å². The summed E-state index contributed by atoms with van der Waals surface area (Å²) in [6, 6.07) is 9.32. The number of anilines is 1. The molecule has 0 radical (unpaired) electrons. The highest BCUT2D eigenvalue weighted by Crippen LogP contribution is 2.17. The second-order valence-electron chi connectivity index (χ2n) is 6.38. The van der Waals surface area contributed by atoms with Crippen LogP contribution in [0.15, 0.2) is 41.3 Å². The van der Waals surface area contributed by atoms with Gasteiger partial charge in [-0.1, -0.05) is 0 Å². The average Bonchev–Trinajstić information content (AvgIpc) is 2.68. The zero-order chi connectivity index (χ0) is 18.4. The first-order chi connectivity index (χ1) is 12.7. The molecule has 2 aromatic rings. The molecule has 0 unspecified atom stereocenters. The zero-order valence-electron chi connectivity index (χ0n) is 15.4. The summed E-state index contributed by atoms with van der Waals surface area (Å²) in [7, 11) is 3.32. The molecular formula is C19H26N4O3. The molecule has 2 heterocycles. The summed E-state index contributed by atoms with van der Waals surface area (Å²) in [6.07, 6.45) is 2.75. The molecule has 1 aliphatic heterocycles. The number of rotatable bonds is 7. The van der Waals surface area contributed by atoms with Gasteiger partial charge in [0.05, 0.1) is 25.6 Å². The molecule has 1 saturated heterocycles. The van der Waals surface area contributed by atoms with Crippen LogP contribution in [0.3, 0.4) is 0 Å². The number of ether oxygens (including phenoxy) is 2. The first kappa shape index (κ1) is 18.3. The largest absolute Gasteiger partial charge is 0.497 e. The third kappa shape index (κ3) is 4.76. The van der Waals surface area contributed by atoms with Crippen LogP contribution in [0, 0.1) is 0 Å². The Balaban J connectivity index is 1.37. The molecule has 0 aliphatic carbocycles. The highest BCUT2D eigenvalue weighted by Gasteiger charge is 2.17. The predicted molar refractivity (Wildman–Crippen MR) is 101 cm³/mol. The summed E-state index contributed by atoms with van der Waals surface area (Å²) >= 11 is 0. The predicted octanol–water partition coefficient (Wildman–Crippen LogP) is 1.38. The van der Waals surface area contributed by atoms with Crippen molar-refractivity contribution in [3.8, 4) is 11.5 Å². The Kier molecular flexibility index (Phi) is 6.12. The van der Waals surface area contributed by atoms with E-state index in [-0.39, 0.29) is 5.56 Å². The van der Waals surface area contributed by atoms with Crippen molar-refractivity contribution in [1.82, 2.24) is 14.7 Å². The Morgan fingerprint density at radius 2 is 1.77 bits per heavy atom. The SMILES string of the molecule is COc1ccc(OCCCN2CCN(c3cnn(C)c(=O)c3)CC2)cc1. The molecule has 140 valence electrons. The van der Waals surface area contributed by atoms with E-state index in [4.69, 9.17) is 9.47 Å². The fourth-order valence-corrected chi connectivity index (χ4v) is 3.01. The summed E-state index contributed by atoms with van der Waals surface area (Å²) < 4.78 is 12.3. The standard InChI is InChI=1S/C19H26N4O3/c1-21-19(24)14-16(15-20-21)23-11-9-22(10-12-23)8-3-13-26-18-6-4-17(25-2)5-7-18/h4-7,14-15H,3,8-13H2,1-2H3. The highest BCUT2D eigenvalue weighted by molar-refractivity contribution is 5.43. The molecule has 0 saturated carbocycles. The van der Waals surface area contributed by atoms with E-state index in [0.29, 0.717) is 6.61 Å². The summed E-state index contributed by atoms with van der Waals surface area (Å²) in [4.78, 5) is 16.4. The third-order valence-electron chi connectivity index (χ3n) is 4.64. The van der Waals surface area contributed by atoms with Gasteiger partial charge in [0.15, 0.2) is 0 Å². The summed E-state index contributed by atoms with van der Waals surface area (Å²) in [6.45, 7) is 5.50. The lowest BCUT2D eigenvalue weighted by atomic mass is 10.2. The van der Waals surface area contributed by atoms with E-state index in [1.807, 2.05) is 24.3 Å².